The summed E-state index contributed by atoms with van der Waals surface area (Å²) in [6.45, 7) is 0. The van der Waals surface area contributed by atoms with Gasteiger partial charge in [0.2, 0.25) is 0 Å². The number of benzene rings is 2. The van der Waals surface area contributed by atoms with Crippen molar-refractivity contribution in [3.63, 3.8) is 0 Å². The lowest BCUT2D eigenvalue weighted by Crippen LogP contribution is -2.19. The van der Waals surface area contributed by atoms with Crippen LogP contribution in [-0.4, -0.2) is 19.2 Å². The summed E-state index contributed by atoms with van der Waals surface area (Å²) in [5, 5.41) is 6.65. The molecule has 0 heterocycles. The molecule has 110 valence electrons. The zero-order chi connectivity index (χ0) is 15.4. The molecule has 2 aromatic rings. The monoisotopic (exact) mass is 323 g/mol. The molecular formula is C15H15ClFN3S. The summed E-state index contributed by atoms with van der Waals surface area (Å²) in [6.07, 6.45) is 0. The van der Waals surface area contributed by atoms with E-state index in [2.05, 4.69) is 10.6 Å². The van der Waals surface area contributed by atoms with Crippen LogP contribution in [-0.2, 0) is 0 Å². The molecule has 21 heavy (non-hydrogen) atoms. The molecule has 0 unspecified atom stereocenters. The van der Waals surface area contributed by atoms with Crippen LogP contribution in [0.3, 0.4) is 0 Å². The molecule has 0 aromatic heterocycles. The first-order valence-electron chi connectivity index (χ1n) is 6.26. The van der Waals surface area contributed by atoms with Crippen LogP contribution in [0.5, 0.6) is 0 Å². The molecule has 0 aliphatic heterocycles. The highest BCUT2D eigenvalue weighted by Crippen LogP contribution is 2.23. The fourth-order valence-corrected chi connectivity index (χ4v) is 2.16. The second kappa shape index (κ2) is 6.74. The fourth-order valence-electron chi connectivity index (χ4n) is 1.72. The zero-order valence-corrected chi connectivity index (χ0v) is 13.2. The number of anilines is 3. The van der Waals surface area contributed by atoms with Crippen molar-refractivity contribution < 1.29 is 4.39 Å². The molecular weight excluding hydrogens is 309 g/mol. The Morgan fingerprint density at radius 2 is 1.76 bits per heavy atom. The van der Waals surface area contributed by atoms with E-state index in [-0.39, 0.29) is 10.8 Å². The SMILES string of the molecule is CN(C)c1ccc(NC(=S)Nc2ccc(F)cc2Cl)cc1. The summed E-state index contributed by atoms with van der Waals surface area (Å²) in [4.78, 5) is 2.01. The van der Waals surface area contributed by atoms with Crippen LogP contribution in [0.15, 0.2) is 42.5 Å². The van der Waals surface area contributed by atoms with Crippen molar-refractivity contribution in [2.24, 2.45) is 0 Å². The van der Waals surface area contributed by atoms with E-state index in [1.54, 1.807) is 6.07 Å². The van der Waals surface area contributed by atoms with Crippen LogP contribution in [0.25, 0.3) is 0 Å². The predicted molar refractivity (Wildman–Crippen MR) is 92.0 cm³/mol. The third-order valence-corrected chi connectivity index (χ3v) is 3.34. The number of halogens is 2. The normalized spacial score (nSPS) is 10.1. The molecule has 2 aromatic carbocycles. The molecule has 0 fully saturated rings. The molecule has 0 spiro atoms. The zero-order valence-electron chi connectivity index (χ0n) is 11.7. The molecule has 2 N–H and O–H groups in total. The van der Waals surface area contributed by atoms with Crippen molar-refractivity contribution in [1.82, 2.24) is 0 Å². The highest BCUT2D eigenvalue weighted by atomic mass is 35.5. The van der Waals surface area contributed by atoms with Crippen LogP contribution in [0.2, 0.25) is 5.02 Å². The number of nitrogens with zero attached hydrogens (tertiary/aromatic N) is 1. The third kappa shape index (κ3) is 4.31. The summed E-state index contributed by atoms with van der Waals surface area (Å²) < 4.78 is 13.0. The maximum absolute atomic E-state index is 13.0. The van der Waals surface area contributed by atoms with Crippen molar-refractivity contribution in [2.45, 2.75) is 0 Å². The van der Waals surface area contributed by atoms with E-state index in [1.807, 2.05) is 43.3 Å². The molecule has 0 aliphatic rings. The first kappa shape index (κ1) is 15.5. The maximum atomic E-state index is 13.0. The lowest BCUT2D eigenvalue weighted by atomic mass is 10.2. The van der Waals surface area contributed by atoms with Crippen LogP contribution in [0.4, 0.5) is 21.5 Å². The lowest BCUT2D eigenvalue weighted by molar-refractivity contribution is 0.628. The van der Waals surface area contributed by atoms with Crippen molar-refractivity contribution in [2.75, 3.05) is 29.6 Å². The van der Waals surface area contributed by atoms with Gasteiger partial charge in [-0.05, 0) is 54.7 Å². The Bertz CT molecular complexity index is 644. The van der Waals surface area contributed by atoms with Crippen LogP contribution in [0.1, 0.15) is 0 Å². The highest BCUT2D eigenvalue weighted by Gasteiger charge is 2.04. The third-order valence-electron chi connectivity index (χ3n) is 2.82. The molecule has 0 radical (unpaired) electrons. The Morgan fingerprint density at radius 1 is 1.10 bits per heavy atom. The summed E-state index contributed by atoms with van der Waals surface area (Å²) in [5.41, 5.74) is 2.51. The van der Waals surface area contributed by atoms with Gasteiger partial charge in [0.15, 0.2) is 5.11 Å². The summed E-state index contributed by atoms with van der Waals surface area (Å²) in [5.74, 6) is -0.385. The van der Waals surface area contributed by atoms with Gasteiger partial charge >= 0.3 is 0 Å². The second-order valence-electron chi connectivity index (χ2n) is 4.64. The largest absolute Gasteiger partial charge is 0.378 e. The van der Waals surface area contributed by atoms with E-state index in [0.29, 0.717) is 10.8 Å². The summed E-state index contributed by atoms with van der Waals surface area (Å²) in [6, 6.07) is 11.9. The number of hydrogen-bond acceptors (Lipinski definition) is 2. The summed E-state index contributed by atoms with van der Waals surface area (Å²) in [7, 11) is 3.95. The van der Waals surface area contributed by atoms with Crippen LogP contribution in [0, 0.1) is 5.82 Å². The number of hydrogen-bond donors (Lipinski definition) is 2. The molecule has 2 rings (SSSR count). The topological polar surface area (TPSA) is 27.3 Å². The van der Waals surface area contributed by atoms with Crippen molar-refractivity contribution in [1.29, 1.82) is 0 Å². The second-order valence-corrected chi connectivity index (χ2v) is 5.46. The summed E-state index contributed by atoms with van der Waals surface area (Å²) >= 11 is 11.1. The first-order valence-corrected chi connectivity index (χ1v) is 7.05. The smallest absolute Gasteiger partial charge is 0.175 e. The van der Waals surface area contributed by atoms with Crippen molar-refractivity contribution in [3.05, 3.63) is 53.3 Å². The van der Waals surface area contributed by atoms with Gasteiger partial charge in [-0.25, -0.2) is 4.39 Å². The molecule has 0 atom stereocenters. The van der Waals surface area contributed by atoms with E-state index >= 15 is 0 Å². The Kier molecular flexibility index (Phi) is 4.98. The van der Waals surface area contributed by atoms with Crippen molar-refractivity contribution in [3.8, 4) is 0 Å². The Hall–Kier alpha value is -1.85. The van der Waals surface area contributed by atoms with E-state index < -0.39 is 0 Å². The van der Waals surface area contributed by atoms with Gasteiger partial charge in [0.25, 0.3) is 0 Å². The van der Waals surface area contributed by atoms with Gasteiger partial charge in [0.1, 0.15) is 5.82 Å². The molecule has 0 saturated heterocycles. The Labute approximate surface area is 133 Å². The van der Waals surface area contributed by atoms with Crippen LogP contribution >= 0.6 is 23.8 Å². The average Bonchev–Trinajstić information content (AvgIpc) is 2.42. The molecule has 6 heteroatoms. The predicted octanol–water partition coefficient (Wildman–Crippen LogP) is 4.35. The maximum Gasteiger partial charge on any atom is 0.175 e. The number of nitrogens with one attached hydrogen (secondary N) is 2. The van der Waals surface area contributed by atoms with Crippen molar-refractivity contribution >= 4 is 46.0 Å². The molecule has 0 bridgehead atoms. The fraction of sp³-hybridized carbons (Fsp3) is 0.133. The van der Waals surface area contributed by atoms with Gasteiger partial charge in [-0.1, -0.05) is 11.6 Å². The molecule has 0 saturated carbocycles. The van der Waals surface area contributed by atoms with Gasteiger partial charge in [0.05, 0.1) is 10.7 Å². The van der Waals surface area contributed by atoms with Gasteiger partial charge in [0, 0.05) is 25.5 Å². The van der Waals surface area contributed by atoms with E-state index in [1.165, 1.54) is 12.1 Å². The number of thiocarbonyl (C=S) groups is 1. The Morgan fingerprint density at radius 3 is 2.33 bits per heavy atom. The highest BCUT2D eigenvalue weighted by molar-refractivity contribution is 7.80. The Balaban J connectivity index is 2.01. The molecule has 3 nitrogen and oxygen atoms in total. The van der Waals surface area contributed by atoms with Gasteiger partial charge in [-0.3, -0.25) is 0 Å². The minimum Gasteiger partial charge on any atom is -0.378 e. The first-order chi connectivity index (χ1) is 9.95. The lowest BCUT2D eigenvalue weighted by Gasteiger charge is -2.14. The molecule has 0 amide bonds. The van der Waals surface area contributed by atoms with Crippen LogP contribution < -0.4 is 15.5 Å². The van der Waals surface area contributed by atoms with Gasteiger partial charge < -0.3 is 15.5 Å². The quantitative estimate of drug-likeness (QED) is 0.821. The standard InChI is InChI=1S/C15H15ClFN3S/c1-20(2)12-6-4-11(5-7-12)18-15(21)19-14-8-3-10(17)9-13(14)16/h3-9H,1-2H3,(H2,18,19,21). The number of rotatable bonds is 3. The van der Waals surface area contributed by atoms with E-state index in [0.717, 1.165) is 11.4 Å². The van der Waals surface area contributed by atoms with Gasteiger partial charge in [-0.2, -0.15) is 0 Å². The van der Waals surface area contributed by atoms with Gasteiger partial charge in [-0.15, -0.1) is 0 Å². The van der Waals surface area contributed by atoms with E-state index in [4.69, 9.17) is 23.8 Å². The molecule has 0 aliphatic carbocycles. The minimum atomic E-state index is -0.385. The average molecular weight is 324 g/mol. The van der Waals surface area contributed by atoms with E-state index in [9.17, 15) is 4.39 Å². The minimum absolute atomic E-state index is 0.280.